The van der Waals surface area contributed by atoms with E-state index in [0.717, 1.165) is 0 Å². The summed E-state index contributed by atoms with van der Waals surface area (Å²) in [5.74, 6) is 0. The molecular formula is C3H9Cl. The average Bonchev–Trinajstić information content (AvgIpc) is 0.918. The molecule has 0 heterocycles. The van der Waals surface area contributed by atoms with Gasteiger partial charge in [-0.2, -0.15) is 0 Å². The van der Waals surface area contributed by atoms with Gasteiger partial charge in [0, 0.05) is 0 Å². The summed E-state index contributed by atoms with van der Waals surface area (Å²) in [6.07, 6.45) is 1.25. The Morgan fingerprint density at radius 1 is 1.25 bits per heavy atom. The van der Waals surface area contributed by atoms with Crippen LogP contribution in [0.15, 0.2) is 0 Å². The Kier molecular flexibility index (Phi) is 23.0. The summed E-state index contributed by atoms with van der Waals surface area (Å²) in [6, 6.07) is 0. The standard InChI is InChI=1S/C3H8.ClH/c1-3-2;/h3H2,1-2H3;1H. The van der Waals surface area contributed by atoms with Crippen LogP contribution in [0.2, 0.25) is 0 Å². The van der Waals surface area contributed by atoms with Gasteiger partial charge in [0.2, 0.25) is 0 Å². The molecule has 0 aliphatic heterocycles. The zero-order valence-electron chi connectivity index (χ0n) is 3.12. The van der Waals surface area contributed by atoms with E-state index in [1.54, 1.807) is 0 Å². The third-order valence-corrected chi connectivity index (χ3v) is 0. The molecule has 0 bridgehead atoms. The molecule has 1 heteroatoms. The first-order valence-corrected chi connectivity index (χ1v) is 1.41. The molecule has 4 heavy (non-hydrogen) atoms. The van der Waals surface area contributed by atoms with Crippen molar-refractivity contribution in [3.63, 3.8) is 0 Å². The maximum Gasteiger partial charge on any atom is -0.0590 e. The van der Waals surface area contributed by atoms with Crippen molar-refractivity contribution in [3.05, 3.63) is 0 Å². The van der Waals surface area contributed by atoms with E-state index in [1.165, 1.54) is 6.42 Å². The van der Waals surface area contributed by atoms with E-state index in [0.29, 0.717) is 0 Å². The molecule has 0 nitrogen and oxygen atoms in total. The van der Waals surface area contributed by atoms with Gasteiger partial charge >= 0.3 is 0 Å². The molecule has 28 valence electrons. The molecular weight excluding hydrogens is 71.5 g/mol. The Morgan fingerprint density at radius 3 is 1.25 bits per heavy atom. The molecule has 0 saturated carbocycles. The fourth-order valence-corrected chi connectivity index (χ4v) is 0. The molecule has 0 radical (unpaired) electrons. The third-order valence-electron chi connectivity index (χ3n) is 0. The van der Waals surface area contributed by atoms with Crippen LogP contribution in [0.3, 0.4) is 0 Å². The van der Waals surface area contributed by atoms with Crippen LogP contribution < -0.4 is 0 Å². The lowest BCUT2D eigenvalue weighted by Gasteiger charge is -1.48. The molecule has 0 aromatic rings. The second-order valence-corrected chi connectivity index (χ2v) is 0.707. The quantitative estimate of drug-likeness (QED) is 0.417. The maximum absolute atomic E-state index is 2.12. The molecule has 0 aliphatic rings. The van der Waals surface area contributed by atoms with Crippen molar-refractivity contribution in [2.45, 2.75) is 20.3 Å². The lowest BCUT2D eigenvalue weighted by atomic mass is 10.6. The van der Waals surface area contributed by atoms with Gasteiger partial charge in [0.25, 0.3) is 0 Å². The molecule has 0 aliphatic carbocycles. The normalized spacial score (nSPS) is 4.50. The number of rotatable bonds is 0. The van der Waals surface area contributed by atoms with E-state index in [4.69, 9.17) is 0 Å². The highest BCUT2D eigenvalue weighted by molar-refractivity contribution is 5.85. The molecule has 0 amide bonds. The molecule has 0 N–H and O–H groups in total. The zero-order valence-corrected chi connectivity index (χ0v) is 3.93. The molecule has 0 aromatic carbocycles. The van der Waals surface area contributed by atoms with Crippen molar-refractivity contribution in [2.75, 3.05) is 0 Å². The van der Waals surface area contributed by atoms with Crippen LogP contribution in [0.25, 0.3) is 0 Å². The first-order chi connectivity index (χ1) is 1.41. The monoisotopic (exact) mass is 80.0 g/mol. The highest BCUT2D eigenvalue weighted by Crippen LogP contribution is 1.56. The van der Waals surface area contributed by atoms with Crippen molar-refractivity contribution in [1.29, 1.82) is 0 Å². The minimum absolute atomic E-state index is 0. The Labute approximate surface area is 33.6 Å². The van der Waals surface area contributed by atoms with Gasteiger partial charge < -0.3 is 0 Å². The molecule has 0 aromatic heterocycles. The first-order valence-electron chi connectivity index (χ1n) is 1.41. The lowest BCUT2D eigenvalue weighted by molar-refractivity contribution is 1.09. The lowest BCUT2D eigenvalue weighted by Crippen LogP contribution is -1.27. The predicted molar refractivity (Wildman–Crippen MR) is 23.2 cm³/mol. The van der Waals surface area contributed by atoms with Gasteiger partial charge in [0.15, 0.2) is 0 Å². The topological polar surface area (TPSA) is 0 Å². The van der Waals surface area contributed by atoms with E-state index >= 15 is 0 Å². The minimum atomic E-state index is 0. The highest BCUT2D eigenvalue weighted by Gasteiger charge is 1.35. The Balaban J connectivity index is 0. The van der Waals surface area contributed by atoms with Crippen LogP contribution in [-0.4, -0.2) is 0 Å². The second-order valence-electron chi connectivity index (χ2n) is 0.707. The Bertz CT molecular complexity index is 3.25. The molecule has 0 spiro atoms. The van der Waals surface area contributed by atoms with Gasteiger partial charge in [-0.15, -0.1) is 12.4 Å². The van der Waals surface area contributed by atoms with Crippen LogP contribution in [0.5, 0.6) is 0 Å². The predicted octanol–water partition coefficient (Wildman–Crippen LogP) is 1.84. The first kappa shape index (κ1) is 8.85. The van der Waals surface area contributed by atoms with E-state index in [2.05, 4.69) is 13.8 Å². The largest absolute Gasteiger partial charge is 0.147 e. The van der Waals surface area contributed by atoms with E-state index in [-0.39, 0.29) is 12.4 Å². The smallest absolute Gasteiger partial charge is 0.0590 e. The van der Waals surface area contributed by atoms with Crippen molar-refractivity contribution >= 4 is 12.4 Å². The fourth-order valence-electron chi connectivity index (χ4n) is 0. The third kappa shape index (κ3) is 45.3. The van der Waals surface area contributed by atoms with Crippen molar-refractivity contribution in [1.82, 2.24) is 0 Å². The van der Waals surface area contributed by atoms with Crippen LogP contribution in [-0.2, 0) is 0 Å². The summed E-state index contributed by atoms with van der Waals surface area (Å²) in [5.41, 5.74) is 0. The number of halogens is 1. The summed E-state index contributed by atoms with van der Waals surface area (Å²) in [6.45, 7) is 4.25. The van der Waals surface area contributed by atoms with Crippen LogP contribution in [0.4, 0.5) is 0 Å². The summed E-state index contributed by atoms with van der Waals surface area (Å²) in [7, 11) is 0. The molecule has 0 rings (SSSR count). The maximum atomic E-state index is 2.12. The number of hydrogen-bond donors (Lipinski definition) is 0. The average molecular weight is 80.6 g/mol. The molecule has 0 fully saturated rings. The summed E-state index contributed by atoms with van der Waals surface area (Å²) < 4.78 is 0. The van der Waals surface area contributed by atoms with E-state index < -0.39 is 0 Å². The second kappa shape index (κ2) is 10.4. The minimum Gasteiger partial charge on any atom is -0.147 e. The van der Waals surface area contributed by atoms with Crippen molar-refractivity contribution < 1.29 is 0 Å². The highest BCUT2D eigenvalue weighted by atomic mass is 35.5. The fraction of sp³-hybridized carbons (Fsp3) is 1.00. The van der Waals surface area contributed by atoms with Crippen LogP contribution in [0, 0.1) is 0 Å². The van der Waals surface area contributed by atoms with Crippen molar-refractivity contribution in [2.24, 2.45) is 0 Å². The van der Waals surface area contributed by atoms with Crippen LogP contribution in [0.1, 0.15) is 20.3 Å². The van der Waals surface area contributed by atoms with Gasteiger partial charge in [0.1, 0.15) is 0 Å². The van der Waals surface area contributed by atoms with Crippen molar-refractivity contribution in [3.8, 4) is 0 Å². The van der Waals surface area contributed by atoms with Gasteiger partial charge in [-0.3, -0.25) is 0 Å². The van der Waals surface area contributed by atoms with E-state index in [9.17, 15) is 0 Å². The summed E-state index contributed by atoms with van der Waals surface area (Å²) in [4.78, 5) is 0. The Morgan fingerprint density at radius 2 is 1.25 bits per heavy atom. The number of hydrogen-bond acceptors (Lipinski definition) is 0. The zero-order chi connectivity index (χ0) is 2.71. The molecule has 0 unspecified atom stereocenters. The molecule has 0 atom stereocenters. The van der Waals surface area contributed by atoms with Gasteiger partial charge in [-0.05, 0) is 0 Å². The van der Waals surface area contributed by atoms with Gasteiger partial charge in [0.05, 0.1) is 0 Å². The molecule has 0 saturated heterocycles. The SMILES string of the molecule is CCC.Cl. The summed E-state index contributed by atoms with van der Waals surface area (Å²) >= 11 is 0. The van der Waals surface area contributed by atoms with E-state index in [1.807, 2.05) is 0 Å². The van der Waals surface area contributed by atoms with Gasteiger partial charge in [-0.1, -0.05) is 20.3 Å². The Hall–Kier alpha value is 0.290. The van der Waals surface area contributed by atoms with Crippen LogP contribution >= 0.6 is 12.4 Å². The van der Waals surface area contributed by atoms with Gasteiger partial charge in [-0.25, -0.2) is 0 Å². The summed E-state index contributed by atoms with van der Waals surface area (Å²) in [5, 5.41) is 0.